The Morgan fingerprint density at radius 3 is 2.76 bits per heavy atom. The van der Waals surface area contributed by atoms with Crippen molar-refractivity contribution < 1.29 is 0 Å². The van der Waals surface area contributed by atoms with Crippen molar-refractivity contribution in [2.24, 2.45) is 10.7 Å². The molecule has 0 bridgehead atoms. The topological polar surface area (TPSA) is 50.4 Å². The fourth-order valence-corrected chi connectivity index (χ4v) is 1.44. The summed E-state index contributed by atoms with van der Waals surface area (Å²) < 4.78 is 0. The van der Waals surface area contributed by atoms with Crippen LogP contribution in [-0.4, -0.2) is 12.5 Å². The zero-order valence-corrected chi connectivity index (χ0v) is 13.0. The van der Waals surface area contributed by atoms with Gasteiger partial charge in [-0.15, -0.1) is 24.0 Å². The summed E-state index contributed by atoms with van der Waals surface area (Å²) in [5, 5.41) is 3.79. The number of nitrogens with zero attached hydrogens (tertiary/aromatic N) is 1. The number of hydrogen-bond donors (Lipinski definition) is 2. The maximum absolute atomic E-state index is 6.00. The second-order valence-corrected chi connectivity index (χ2v) is 3.98. The van der Waals surface area contributed by atoms with Gasteiger partial charge in [0.25, 0.3) is 0 Å². The summed E-state index contributed by atoms with van der Waals surface area (Å²) in [5.41, 5.74) is 6.70. The predicted molar refractivity (Wildman–Crippen MR) is 85.1 cm³/mol. The molecule has 0 aromatic heterocycles. The molecule has 0 aliphatic rings. The fourth-order valence-electron chi connectivity index (χ4n) is 1.25. The van der Waals surface area contributed by atoms with Gasteiger partial charge in [-0.25, -0.2) is 4.99 Å². The van der Waals surface area contributed by atoms with Crippen LogP contribution in [0.25, 0.3) is 0 Å². The van der Waals surface area contributed by atoms with Crippen LogP contribution in [0.4, 0.5) is 0 Å². The Bertz CT molecular complexity index is 355. The molecule has 3 N–H and O–H groups in total. The Labute approximate surface area is 125 Å². The molecule has 5 heteroatoms. The highest BCUT2D eigenvalue weighted by Gasteiger charge is 1.97. The first-order valence-corrected chi connectivity index (χ1v) is 5.89. The highest BCUT2D eigenvalue weighted by atomic mass is 127. The van der Waals surface area contributed by atoms with Crippen LogP contribution in [0.2, 0.25) is 5.02 Å². The second kappa shape index (κ2) is 9.53. The summed E-state index contributed by atoms with van der Waals surface area (Å²) >= 11 is 6.00. The zero-order valence-electron chi connectivity index (χ0n) is 9.95. The minimum Gasteiger partial charge on any atom is -0.370 e. The van der Waals surface area contributed by atoms with Gasteiger partial charge in [-0.2, -0.15) is 0 Å². The van der Waals surface area contributed by atoms with Crippen molar-refractivity contribution >= 4 is 41.5 Å². The lowest BCUT2D eigenvalue weighted by molar-refractivity contribution is 0.748. The minimum atomic E-state index is 0. The van der Waals surface area contributed by atoms with Gasteiger partial charge in [0.15, 0.2) is 5.96 Å². The van der Waals surface area contributed by atoms with Crippen molar-refractivity contribution in [1.82, 2.24) is 5.32 Å². The number of halogens is 2. The van der Waals surface area contributed by atoms with E-state index in [4.69, 9.17) is 17.3 Å². The normalized spacial score (nSPS) is 10.8. The second-order valence-electron chi connectivity index (χ2n) is 3.57. The van der Waals surface area contributed by atoms with E-state index in [1.54, 1.807) is 0 Å². The SMILES string of the molecule is CCCCNC(N)=NCc1ccccc1Cl.I. The lowest BCUT2D eigenvalue weighted by Crippen LogP contribution is -2.32. The van der Waals surface area contributed by atoms with Crippen LogP contribution >= 0.6 is 35.6 Å². The van der Waals surface area contributed by atoms with Crippen LogP contribution in [0.15, 0.2) is 29.3 Å². The van der Waals surface area contributed by atoms with E-state index in [1.807, 2.05) is 24.3 Å². The van der Waals surface area contributed by atoms with Crippen LogP contribution in [0, 0.1) is 0 Å². The molecule has 1 aromatic carbocycles. The molecular weight excluding hydrogens is 349 g/mol. The molecule has 17 heavy (non-hydrogen) atoms. The van der Waals surface area contributed by atoms with E-state index in [-0.39, 0.29) is 24.0 Å². The highest BCUT2D eigenvalue weighted by molar-refractivity contribution is 14.0. The number of guanidine groups is 1. The monoisotopic (exact) mass is 367 g/mol. The van der Waals surface area contributed by atoms with Crippen molar-refractivity contribution in [2.75, 3.05) is 6.54 Å². The summed E-state index contributed by atoms with van der Waals surface area (Å²) in [7, 11) is 0. The van der Waals surface area contributed by atoms with E-state index >= 15 is 0 Å². The minimum absolute atomic E-state index is 0. The molecule has 3 nitrogen and oxygen atoms in total. The van der Waals surface area contributed by atoms with E-state index in [9.17, 15) is 0 Å². The number of benzene rings is 1. The van der Waals surface area contributed by atoms with Crippen molar-refractivity contribution in [3.05, 3.63) is 34.9 Å². The van der Waals surface area contributed by atoms with Crippen LogP contribution in [-0.2, 0) is 6.54 Å². The molecule has 0 unspecified atom stereocenters. The van der Waals surface area contributed by atoms with Crippen LogP contribution in [0.5, 0.6) is 0 Å². The quantitative estimate of drug-likeness (QED) is 0.363. The molecule has 1 aromatic rings. The molecule has 0 aliphatic carbocycles. The predicted octanol–water partition coefficient (Wildman–Crippen LogP) is 3.16. The van der Waals surface area contributed by atoms with Gasteiger partial charge >= 0.3 is 0 Å². The number of unbranched alkanes of at least 4 members (excludes halogenated alkanes) is 1. The van der Waals surface area contributed by atoms with Crippen LogP contribution in [0.3, 0.4) is 0 Å². The van der Waals surface area contributed by atoms with E-state index in [2.05, 4.69) is 17.2 Å². The van der Waals surface area contributed by atoms with E-state index < -0.39 is 0 Å². The summed E-state index contributed by atoms with van der Waals surface area (Å²) in [6.07, 6.45) is 2.24. The Kier molecular flexibility index (Phi) is 9.26. The first-order valence-electron chi connectivity index (χ1n) is 5.51. The summed E-state index contributed by atoms with van der Waals surface area (Å²) in [6.45, 7) is 3.53. The van der Waals surface area contributed by atoms with E-state index in [1.165, 1.54) is 0 Å². The van der Waals surface area contributed by atoms with Gasteiger partial charge < -0.3 is 11.1 Å². The van der Waals surface area contributed by atoms with Gasteiger partial charge in [0.1, 0.15) is 0 Å². The molecule has 0 amide bonds. The third-order valence-electron chi connectivity index (χ3n) is 2.21. The summed E-state index contributed by atoms with van der Waals surface area (Å²) in [5.74, 6) is 0.480. The van der Waals surface area contributed by atoms with Crippen molar-refractivity contribution in [3.8, 4) is 0 Å². The molecule has 0 spiro atoms. The van der Waals surface area contributed by atoms with Crippen LogP contribution < -0.4 is 11.1 Å². The largest absolute Gasteiger partial charge is 0.370 e. The van der Waals surface area contributed by atoms with Gasteiger partial charge in [0.2, 0.25) is 0 Å². The van der Waals surface area contributed by atoms with Crippen molar-refractivity contribution in [2.45, 2.75) is 26.3 Å². The van der Waals surface area contributed by atoms with Gasteiger partial charge in [-0.1, -0.05) is 43.1 Å². The Morgan fingerprint density at radius 1 is 1.41 bits per heavy atom. The Hall–Kier alpha value is -0.490. The van der Waals surface area contributed by atoms with Gasteiger partial charge in [0, 0.05) is 11.6 Å². The number of aliphatic imine (C=N–C) groups is 1. The first-order chi connectivity index (χ1) is 7.74. The lowest BCUT2D eigenvalue weighted by Gasteiger charge is -2.05. The molecule has 0 saturated heterocycles. The maximum atomic E-state index is 6.00. The maximum Gasteiger partial charge on any atom is 0.188 e. The first kappa shape index (κ1) is 16.5. The van der Waals surface area contributed by atoms with Gasteiger partial charge in [-0.3, -0.25) is 0 Å². The Morgan fingerprint density at radius 2 is 2.12 bits per heavy atom. The average Bonchev–Trinajstić information content (AvgIpc) is 2.28. The molecule has 1 rings (SSSR count). The molecule has 0 fully saturated rings. The molecular formula is C12H19ClIN3. The van der Waals surface area contributed by atoms with Crippen molar-refractivity contribution in [1.29, 1.82) is 0 Å². The molecule has 0 aliphatic heterocycles. The van der Waals surface area contributed by atoms with E-state index in [0.717, 1.165) is 30.0 Å². The van der Waals surface area contributed by atoms with Crippen molar-refractivity contribution in [3.63, 3.8) is 0 Å². The van der Waals surface area contributed by atoms with Crippen LogP contribution in [0.1, 0.15) is 25.3 Å². The summed E-state index contributed by atoms with van der Waals surface area (Å²) in [6, 6.07) is 7.65. The number of hydrogen-bond acceptors (Lipinski definition) is 1. The highest BCUT2D eigenvalue weighted by Crippen LogP contribution is 2.15. The number of rotatable bonds is 5. The average molecular weight is 368 g/mol. The summed E-state index contributed by atoms with van der Waals surface area (Å²) in [4.78, 5) is 4.23. The third-order valence-corrected chi connectivity index (χ3v) is 2.58. The molecule has 0 saturated carbocycles. The Balaban J connectivity index is 0.00000256. The fraction of sp³-hybridized carbons (Fsp3) is 0.417. The zero-order chi connectivity index (χ0) is 11.8. The lowest BCUT2D eigenvalue weighted by atomic mass is 10.2. The number of nitrogens with one attached hydrogen (secondary N) is 1. The molecule has 0 radical (unpaired) electrons. The number of nitrogens with two attached hydrogens (primary N) is 1. The standard InChI is InChI=1S/C12H18ClN3.HI/c1-2-3-8-15-12(14)16-9-10-6-4-5-7-11(10)13;/h4-7H,2-3,8-9H2,1H3,(H3,14,15,16);1H. The van der Waals surface area contributed by atoms with E-state index in [0.29, 0.717) is 12.5 Å². The molecule has 0 heterocycles. The molecule has 0 atom stereocenters. The van der Waals surface area contributed by atoms with Gasteiger partial charge in [0.05, 0.1) is 6.54 Å². The van der Waals surface area contributed by atoms with Gasteiger partial charge in [-0.05, 0) is 18.1 Å². The molecule has 96 valence electrons. The smallest absolute Gasteiger partial charge is 0.188 e. The third kappa shape index (κ3) is 6.73.